The van der Waals surface area contributed by atoms with E-state index in [0.717, 1.165) is 0 Å². The fourth-order valence-electron chi connectivity index (χ4n) is 1.46. The van der Waals surface area contributed by atoms with E-state index in [1.165, 1.54) is 0 Å². The maximum atomic E-state index is 11.8. The normalized spacial score (nSPS) is 12.4. The third-order valence-electron chi connectivity index (χ3n) is 2.54. The molecule has 1 aromatic heterocycles. The summed E-state index contributed by atoms with van der Waals surface area (Å²) in [4.78, 5) is 22.2. The third kappa shape index (κ3) is 4.20. The average Bonchev–Trinajstić information content (AvgIpc) is 2.75. The van der Waals surface area contributed by atoms with Crippen molar-refractivity contribution in [1.82, 2.24) is 15.1 Å². The monoisotopic (exact) mass is 253 g/mol. The number of hydrogen-bond acceptors (Lipinski definition) is 3. The smallest absolute Gasteiger partial charge is 0.303 e. The Labute approximate surface area is 106 Å². The minimum Gasteiger partial charge on any atom is -0.481 e. The van der Waals surface area contributed by atoms with E-state index in [1.54, 1.807) is 23.9 Å². The molecule has 0 bridgehead atoms. The number of carboxylic acid groups (broad SMARTS) is 1. The van der Waals surface area contributed by atoms with E-state index in [0.29, 0.717) is 12.1 Å². The van der Waals surface area contributed by atoms with Gasteiger partial charge in [-0.3, -0.25) is 14.3 Å². The van der Waals surface area contributed by atoms with Crippen LogP contribution in [-0.2, 0) is 4.79 Å². The molecule has 6 heteroatoms. The zero-order chi connectivity index (χ0) is 13.7. The summed E-state index contributed by atoms with van der Waals surface area (Å²) in [6, 6.07) is 1.67. The molecule has 1 unspecified atom stereocenters. The van der Waals surface area contributed by atoms with Gasteiger partial charge in [0.2, 0.25) is 0 Å². The molecule has 0 aromatic carbocycles. The Bertz CT molecular complexity index is 426. The highest BCUT2D eigenvalue weighted by Gasteiger charge is 2.14. The summed E-state index contributed by atoms with van der Waals surface area (Å²) in [5.74, 6) is -1.13. The Morgan fingerprint density at radius 2 is 2.11 bits per heavy atom. The zero-order valence-electron chi connectivity index (χ0n) is 10.9. The van der Waals surface area contributed by atoms with Crippen LogP contribution in [0.5, 0.6) is 0 Å². The number of aromatic nitrogens is 2. The lowest BCUT2D eigenvalue weighted by Crippen LogP contribution is -2.33. The third-order valence-corrected chi connectivity index (χ3v) is 2.54. The summed E-state index contributed by atoms with van der Waals surface area (Å²) < 4.78 is 1.71. The fraction of sp³-hybridized carbons (Fsp3) is 0.583. The molecular weight excluding hydrogens is 234 g/mol. The van der Waals surface area contributed by atoms with E-state index in [4.69, 9.17) is 5.11 Å². The molecule has 1 rings (SSSR count). The van der Waals surface area contributed by atoms with Gasteiger partial charge in [-0.05, 0) is 33.3 Å². The molecule has 0 saturated carbocycles. The number of nitrogens with zero attached hydrogens (tertiary/aromatic N) is 2. The average molecular weight is 253 g/mol. The van der Waals surface area contributed by atoms with Crippen LogP contribution in [0.25, 0.3) is 0 Å². The molecule has 0 fully saturated rings. The van der Waals surface area contributed by atoms with Gasteiger partial charge < -0.3 is 10.4 Å². The molecule has 0 saturated heterocycles. The number of carbonyl (C=O) groups is 2. The van der Waals surface area contributed by atoms with Crippen molar-refractivity contribution < 1.29 is 14.7 Å². The molecule has 18 heavy (non-hydrogen) atoms. The van der Waals surface area contributed by atoms with Gasteiger partial charge in [-0.2, -0.15) is 5.10 Å². The van der Waals surface area contributed by atoms with Crippen LogP contribution in [0.3, 0.4) is 0 Å². The number of nitrogens with one attached hydrogen (secondary N) is 1. The summed E-state index contributed by atoms with van der Waals surface area (Å²) in [7, 11) is 0. The second kappa shape index (κ2) is 6.18. The summed E-state index contributed by atoms with van der Waals surface area (Å²) >= 11 is 0. The van der Waals surface area contributed by atoms with Crippen LogP contribution in [0.4, 0.5) is 0 Å². The van der Waals surface area contributed by atoms with Crippen LogP contribution in [0.15, 0.2) is 12.3 Å². The lowest BCUT2D eigenvalue weighted by molar-refractivity contribution is -0.137. The van der Waals surface area contributed by atoms with Gasteiger partial charge in [-0.15, -0.1) is 0 Å². The lowest BCUT2D eigenvalue weighted by Gasteiger charge is -2.11. The molecule has 0 radical (unpaired) electrons. The van der Waals surface area contributed by atoms with Gasteiger partial charge in [0.05, 0.1) is 0 Å². The Morgan fingerprint density at radius 3 is 2.61 bits per heavy atom. The standard InChI is InChI=1S/C12H19N3O3/c1-8(2)15-7-6-10(14-15)12(18)13-9(3)4-5-11(16)17/h6-9H,4-5H2,1-3H3,(H,13,18)(H,16,17). The van der Waals surface area contributed by atoms with Gasteiger partial charge in [0, 0.05) is 24.7 Å². The lowest BCUT2D eigenvalue weighted by atomic mass is 10.2. The van der Waals surface area contributed by atoms with Crippen LogP contribution < -0.4 is 5.32 Å². The SMILES string of the molecule is CC(CCC(=O)O)NC(=O)c1ccn(C(C)C)n1. The summed E-state index contributed by atoms with van der Waals surface area (Å²) in [6.07, 6.45) is 2.20. The predicted octanol–water partition coefficient (Wildman–Crippen LogP) is 1.45. The summed E-state index contributed by atoms with van der Waals surface area (Å²) in [5.41, 5.74) is 0.353. The quantitative estimate of drug-likeness (QED) is 0.803. The molecule has 0 aliphatic carbocycles. The van der Waals surface area contributed by atoms with Crippen molar-refractivity contribution in [3.05, 3.63) is 18.0 Å². The van der Waals surface area contributed by atoms with Crippen LogP contribution in [-0.4, -0.2) is 32.8 Å². The molecule has 0 aliphatic rings. The Morgan fingerprint density at radius 1 is 1.44 bits per heavy atom. The minimum absolute atomic E-state index is 0.0435. The van der Waals surface area contributed by atoms with E-state index in [1.807, 2.05) is 13.8 Å². The second-order valence-electron chi connectivity index (χ2n) is 4.58. The maximum Gasteiger partial charge on any atom is 0.303 e. The molecule has 1 aromatic rings. The van der Waals surface area contributed by atoms with Crippen LogP contribution >= 0.6 is 0 Å². The highest BCUT2D eigenvalue weighted by atomic mass is 16.4. The van der Waals surface area contributed by atoms with Crippen molar-refractivity contribution in [2.24, 2.45) is 0 Å². The van der Waals surface area contributed by atoms with E-state index < -0.39 is 5.97 Å². The largest absolute Gasteiger partial charge is 0.481 e. The van der Waals surface area contributed by atoms with Gasteiger partial charge in [0.1, 0.15) is 5.69 Å². The number of amides is 1. The van der Waals surface area contributed by atoms with Crippen molar-refractivity contribution in [3.8, 4) is 0 Å². The Hall–Kier alpha value is -1.85. The minimum atomic E-state index is -0.861. The van der Waals surface area contributed by atoms with Crippen molar-refractivity contribution in [2.45, 2.75) is 45.7 Å². The highest BCUT2D eigenvalue weighted by Crippen LogP contribution is 2.05. The molecule has 2 N–H and O–H groups in total. The van der Waals surface area contributed by atoms with Crippen molar-refractivity contribution in [1.29, 1.82) is 0 Å². The van der Waals surface area contributed by atoms with Crippen molar-refractivity contribution in [2.75, 3.05) is 0 Å². The zero-order valence-corrected chi connectivity index (χ0v) is 10.9. The first-order valence-electron chi connectivity index (χ1n) is 5.98. The second-order valence-corrected chi connectivity index (χ2v) is 4.58. The van der Waals surface area contributed by atoms with Crippen molar-refractivity contribution >= 4 is 11.9 Å². The van der Waals surface area contributed by atoms with E-state index >= 15 is 0 Å². The van der Waals surface area contributed by atoms with Crippen LogP contribution in [0.2, 0.25) is 0 Å². The summed E-state index contributed by atoms with van der Waals surface area (Å²) in [6.45, 7) is 5.73. The number of aliphatic carboxylic acids is 1. The van der Waals surface area contributed by atoms with Crippen LogP contribution in [0, 0.1) is 0 Å². The molecule has 1 amide bonds. The Balaban J connectivity index is 2.51. The van der Waals surface area contributed by atoms with Crippen LogP contribution in [0.1, 0.15) is 50.1 Å². The number of carbonyl (C=O) groups excluding carboxylic acids is 1. The molecule has 100 valence electrons. The number of carboxylic acids is 1. The van der Waals surface area contributed by atoms with E-state index in [2.05, 4.69) is 10.4 Å². The predicted molar refractivity (Wildman–Crippen MR) is 66.4 cm³/mol. The van der Waals surface area contributed by atoms with Gasteiger partial charge in [0.15, 0.2) is 0 Å². The first kappa shape index (κ1) is 14.2. The Kier molecular flexibility index (Phi) is 4.88. The molecular formula is C12H19N3O3. The molecule has 6 nitrogen and oxygen atoms in total. The van der Waals surface area contributed by atoms with Gasteiger partial charge >= 0.3 is 5.97 Å². The van der Waals surface area contributed by atoms with E-state index in [9.17, 15) is 9.59 Å². The molecule has 0 aliphatic heterocycles. The molecule has 0 spiro atoms. The topological polar surface area (TPSA) is 84.2 Å². The van der Waals surface area contributed by atoms with Gasteiger partial charge in [-0.1, -0.05) is 0 Å². The number of hydrogen-bond donors (Lipinski definition) is 2. The fourth-order valence-corrected chi connectivity index (χ4v) is 1.46. The first-order chi connectivity index (χ1) is 8.40. The first-order valence-corrected chi connectivity index (χ1v) is 5.98. The summed E-state index contributed by atoms with van der Waals surface area (Å²) in [5, 5.41) is 15.4. The highest BCUT2D eigenvalue weighted by molar-refractivity contribution is 5.92. The maximum absolute atomic E-state index is 11.8. The van der Waals surface area contributed by atoms with Crippen molar-refractivity contribution in [3.63, 3.8) is 0 Å². The number of rotatable bonds is 6. The van der Waals surface area contributed by atoms with Gasteiger partial charge in [0.25, 0.3) is 5.91 Å². The molecule has 1 heterocycles. The molecule has 1 atom stereocenters. The van der Waals surface area contributed by atoms with E-state index in [-0.39, 0.29) is 24.4 Å². The van der Waals surface area contributed by atoms with Gasteiger partial charge in [-0.25, -0.2) is 0 Å².